The van der Waals surface area contributed by atoms with E-state index in [9.17, 15) is 14.4 Å². The second-order valence-corrected chi connectivity index (χ2v) is 7.28. The molecule has 4 heterocycles. The predicted molar refractivity (Wildman–Crippen MR) is 104 cm³/mol. The quantitative estimate of drug-likeness (QED) is 0.671. The number of hydrogen-bond acceptors (Lipinski definition) is 7. The molecule has 2 aliphatic rings. The van der Waals surface area contributed by atoms with E-state index in [1.54, 1.807) is 28.2 Å². The Morgan fingerprint density at radius 1 is 1.27 bits per heavy atom. The maximum Gasteiger partial charge on any atom is 0.410 e. The number of aromatic nitrogens is 3. The van der Waals surface area contributed by atoms with Gasteiger partial charge in [-0.05, 0) is 31.0 Å². The van der Waals surface area contributed by atoms with Crippen LogP contribution in [0, 0.1) is 0 Å². The van der Waals surface area contributed by atoms with Gasteiger partial charge in [0.05, 0.1) is 12.8 Å². The normalized spacial score (nSPS) is 19.6. The fourth-order valence-electron chi connectivity index (χ4n) is 3.90. The summed E-state index contributed by atoms with van der Waals surface area (Å²) in [6.07, 6.45) is 5.85. The number of nitrogens with zero attached hydrogens (tertiary/aromatic N) is 5. The third kappa shape index (κ3) is 3.98. The molecule has 2 fully saturated rings. The number of likely N-dealkylation sites (tertiary alicyclic amines) is 1. The molecule has 2 aromatic rings. The molecule has 4 rings (SSSR count). The highest BCUT2D eigenvalue weighted by atomic mass is 16.6. The van der Waals surface area contributed by atoms with Gasteiger partial charge < -0.3 is 14.4 Å². The SMILES string of the molecule is COC(=O)C1COC(=O)N1C1CCN(C(=O)Cn2ccc(-c3cccnc3)n2)CC1. The molecule has 0 radical (unpaired) electrons. The number of cyclic esters (lactones) is 1. The predicted octanol–water partition coefficient (Wildman–Crippen LogP) is 0.930. The van der Waals surface area contributed by atoms with Crippen molar-refractivity contribution in [3.8, 4) is 11.3 Å². The lowest BCUT2D eigenvalue weighted by atomic mass is 10.0. The van der Waals surface area contributed by atoms with E-state index < -0.39 is 18.1 Å². The first kappa shape index (κ1) is 19.9. The molecule has 0 N–H and O–H groups in total. The van der Waals surface area contributed by atoms with Crippen LogP contribution in [0.3, 0.4) is 0 Å². The van der Waals surface area contributed by atoms with Crippen LogP contribution in [0.1, 0.15) is 12.8 Å². The van der Waals surface area contributed by atoms with Crippen molar-refractivity contribution in [2.75, 3.05) is 26.8 Å². The summed E-state index contributed by atoms with van der Waals surface area (Å²) >= 11 is 0. The minimum Gasteiger partial charge on any atom is -0.467 e. The first-order valence-corrected chi connectivity index (χ1v) is 9.81. The number of ether oxygens (including phenoxy) is 2. The zero-order valence-electron chi connectivity index (χ0n) is 16.6. The van der Waals surface area contributed by atoms with Crippen LogP contribution < -0.4 is 0 Å². The van der Waals surface area contributed by atoms with Gasteiger partial charge in [-0.1, -0.05) is 0 Å². The zero-order valence-corrected chi connectivity index (χ0v) is 16.6. The first-order chi connectivity index (χ1) is 14.6. The first-order valence-electron chi connectivity index (χ1n) is 9.81. The Morgan fingerprint density at radius 3 is 2.77 bits per heavy atom. The molecule has 0 aliphatic carbocycles. The van der Waals surface area contributed by atoms with E-state index in [2.05, 4.69) is 10.1 Å². The van der Waals surface area contributed by atoms with Crippen LogP contribution in [0.4, 0.5) is 4.79 Å². The van der Waals surface area contributed by atoms with E-state index in [0.29, 0.717) is 25.9 Å². The van der Waals surface area contributed by atoms with E-state index in [1.807, 2.05) is 18.2 Å². The maximum absolute atomic E-state index is 12.7. The number of methoxy groups -OCH3 is 1. The van der Waals surface area contributed by atoms with Gasteiger partial charge in [0.25, 0.3) is 0 Å². The van der Waals surface area contributed by atoms with Gasteiger partial charge in [-0.15, -0.1) is 0 Å². The van der Waals surface area contributed by atoms with Crippen molar-refractivity contribution in [2.45, 2.75) is 31.5 Å². The number of carbonyl (C=O) groups is 3. The van der Waals surface area contributed by atoms with Gasteiger partial charge >= 0.3 is 12.1 Å². The average molecular weight is 413 g/mol. The van der Waals surface area contributed by atoms with Crippen molar-refractivity contribution in [2.24, 2.45) is 0 Å². The minimum atomic E-state index is -0.718. The Hall–Kier alpha value is -3.43. The van der Waals surface area contributed by atoms with Crippen LogP contribution in [0.5, 0.6) is 0 Å². The summed E-state index contributed by atoms with van der Waals surface area (Å²) in [5.74, 6) is -0.523. The molecule has 158 valence electrons. The van der Waals surface area contributed by atoms with Gasteiger partial charge in [0.1, 0.15) is 13.2 Å². The molecule has 0 aromatic carbocycles. The highest BCUT2D eigenvalue weighted by molar-refractivity contribution is 5.84. The zero-order chi connectivity index (χ0) is 21.1. The average Bonchev–Trinajstić information content (AvgIpc) is 3.40. The molecular weight excluding hydrogens is 390 g/mol. The molecule has 2 saturated heterocycles. The summed E-state index contributed by atoms with van der Waals surface area (Å²) in [5.41, 5.74) is 1.65. The summed E-state index contributed by atoms with van der Waals surface area (Å²) in [5, 5.41) is 4.45. The number of rotatable bonds is 5. The van der Waals surface area contributed by atoms with Crippen LogP contribution in [-0.4, -0.2) is 81.4 Å². The fraction of sp³-hybridized carbons (Fsp3) is 0.450. The topological polar surface area (TPSA) is 107 Å². The van der Waals surface area contributed by atoms with Crippen LogP contribution in [0.2, 0.25) is 0 Å². The van der Waals surface area contributed by atoms with Crippen LogP contribution in [-0.2, 0) is 25.6 Å². The van der Waals surface area contributed by atoms with Crippen LogP contribution >= 0.6 is 0 Å². The summed E-state index contributed by atoms with van der Waals surface area (Å²) in [6.45, 7) is 1.14. The molecule has 30 heavy (non-hydrogen) atoms. The third-order valence-corrected chi connectivity index (χ3v) is 5.49. The molecule has 0 saturated carbocycles. The summed E-state index contributed by atoms with van der Waals surface area (Å²) in [7, 11) is 1.29. The lowest BCUT2D eigenvalue weighted by molar-refractivity contribution is -0.146. The molecule has 1 atom stereocenters. The fourth-order valence-corrected chi connectivity index (χ4v) is 3.90. The number of esters is 1. The molecular formula is C20H23N5O5. The number of carbonyl (C=O) groups excluding carboxylic acids is 3. The molecule has 2 aliphatic heterocycles. The highest BCUT2D eigenvalue weighted by Crippen LogP contribution is 2.25. The lowest BCUT2D eigenvalue weighted by Crippen LogP contribution is -2.52. The summed E-state index contributed by atoms with van der Waals surface area (Å²) < 4.78 is 11.4. The van der Waals surface area contributed by atoms with Gasteiger partial charge in [-0.3, -0.25) is 19.4 Å². The number of hydrogen-bond donors (Lipinski definition) is 0. The molecule has 2 amide bonds. The maximum atomic E-state index is 12.7. The number of amides is 2. The van der Waals surface area contributed by atoms with Crippen molar-refractivity contribution in [3.05, 3.63) is 36.8 Å². The van der Waals surface area contributed by atoms with Crippen molar-refractivity contribution in [1.29, 1.82) is 0 Å². The Balaban J connectivity index is 1.33. The Kier molecular flexibility index (Phi) is 5.64. The van der Waals surface area contributed by atoms with E-state index in [4.69, 9.17) is 9.47 Å². The second-order valence-electron chi connectivity index (χ2n) is 7.28. The molecule has 1 unspecified atom stereocenters. The second kappa shape index (κ2) is 8.52. The third-order valence-electron chi connectivity index (χ3n) is 5.49. The van der Waals surface area contributed by atoms with E-state index in [-0.39, 0.29) is 25.1 Å². The van der Waals surface area contributed by atoms with Crippen molar-refractivity contribution >= 4 is 18.0 Å². The van der Waals surface area contributed by atoms with Gasteiger partial charge in [-0.2, -0.15) is 5.10 Å². The van der Waals surface area contributed by atoms with Crippen molar-refractivity contribution in [1.82, 2.24) is 24.6 Å². The molecule has 0 spiro atoms. The largest absolute Gasteiger partial charge is 0.467 e. The smallest absolute Gasteiger partial charge is 0.410 e. The van der Waals surface area contributed by atoms with Crippen LogP contribution in [0.15, 0.2) is 36.8 Å². The van der Waals surface area contributed by atoms with Gasteiger partial charge in [0.15, 0.2) is 6.04 Å². The Bertz CT molecular complexity index is 923. The molecule has 2 aromatic heterocycles. The Morgan fingerprint density at radius 2 is 2.07 bits per heavy atom. The molecule has 0 bridgehead atoms. The lowest BCUT2D eigenvalue weighted by Gasteiger charge is -2.37. The number of pyridine rings is 1. The standard InChI is InChI=1S/C20H23N5O5/c1-29-19(27)17-13-30-20(28)25(17)15-4-8-23(9-5-15)18(26)12-24-10-6-16(22-24)14-3-2-7-21-11-14/h2-3,6-7,10-11,15,17H,4-5,8-9,12-13H2,1H3. The minimum absolute atomic E-state index is 0.00319. The molecule has 10 heteroatoms. The van der Waals surface area contributed by atoms with Gasteiger partial charge in [-0.25, -0.2) is 9.59 Å². The van der Waals surface area contributed by atoms with Crippen molar-refractivity contribution < 1.29 is 23.9 Å². The molecule has 10 nitrogen and oxygen atoms in total. The summed E-state index contributed by atoms with van der Waals surface area (Å²) in [4.78, 5) is 44.0. The van der Waals surface area contributed by atoms with Crippen LogP contribution in [0.25, 0.3) is 11.3 Å². The number of piperidine rings is 1. The van der Waals surface area contributed by atoms with Crippen molar-refractivity contribution in [3.63, 3.8) is 0 Å². The monoisotopic (exact) mass is 413 g/mol. The Labute approximate surface area is 173 Å². The van der Waals surface area contributed by atoms with Gasteiger partial charge in [0.2, 0.25) is 5.91 Å². The van der Waals surface area contributed by atoms with E-state index in [0.717, 1.165) is 11.3 Å². The van der Waals surface area contributed by atoms with E-state index in [1.165, 1.54) is 12.0 Å². The summed E-state index contributed by atoms with van der Waals surface area (Å²) in [6, 6.07) is 4.73. The highest BCUT2D eigenvalue weighted by Gasteiger charge is 2.44. The van der Waals surface area contributed by atoms with E-state index >= 15 is 0 Å². The van der Waals surface area contributed by atoms with Gasteiger partial charge in [0, 0.05) is 43.3 Å².